The monoisotopic (exact) mass is 472 g/mol. The van der Waals surface area contributed by atoms with E-state index in [0.29, 0.717) is 46.2 Å². The van der Waals surface area contributed by atoms with Crippen LogP contribution in [0.4, 0.5) is 24.8 Å². The molecule has 0 radical (unpaired) electrons. The number of halogens is 3. The third-order valence-electron chi connectivity index (χ3n) is 5.58. The molecule has 0 spiro atoms. The van der Waals surface area contributed by atoms with Crippen molar-refractivity contribution < 1.29 is 17.9 Å². The molecule has 1 aliphatic rings. The van der Waals surface area contributed by atoms with Gasteiger partial charge < -0.3 is 15.4 Å². The maximum Gasteiger partial charge on any atom is 0.333 e. The summed E-state index contributed by atoms with van der Waals surface area (Å²) in [4.78, 5) is 8.59. The first-order valence-corrected chi connectivity index (χ1v) is 10.8. The Morgan fingerprint density at radius 2 is 2.06 bits per heavy atom. The Bertz CT molecular complexity index is 1310. The first-order valence-electron chi connectivity index (χ1n) is 10.8. The minimum atomic E-state index is -2.89. The summed E-state index contributed by atoms with van der Waals surface area (Å²) in [7, 11) is 0. The van der Waals surface area contributed by atoms with Crippen molar-refractivity contribution in [2.24, 2.45) is 0 Å². The quantitative estimate of drug-likeness (QED) is 0.422. The molecule has 34 heavy (non-hydrogen) atoms. The number of alkyl halides is 3. The summed E-state index contributed by atoms with van der Waals surface area (Å²) < 4.78 is 50.0. The van der Waals surface area contributed by atoms with Gasteiger partial charge in [0.15, 0.2) is 17.2 Å². The van der Waals surface area contributed by atoms with E-state index < -0.39 is 12.2 Å². The Labute approximate surface area is 193 Å². The highest BCUT2D eigenvalue weighted by molar-refractivity contribution is 5.73. The van der Waals surface area contributed by atoms with Crippen LogP contribution in [0.25, 0.3) is 16.8 Å². The number of aromatic nitrogens is 6. The van der Waals surface area contributed by atoms with Crippen molar-refractivity contribution in [2.75, 3.05) is 25.0 Å². The van der Waals surface area contributed by atoms with Crippen LogP contribution in [0.3, 0.4) is 0 Å². The van der Waals surface area contributed by atoms with Gasteiger partial charge in [-0.2, -0.15) is 23.7 Å². The summed E-state index contributed by atoms with van der Waals surface area (Å²) in [6.07, 6.45) is 3.14. The van der Waals surface area contributed by atoms with Crippen molar-refractivity contribution in [3.05, 3.63) is 48.2 Å². The van der Waals surface area contributed by atoms with Crippen LogP contribution in [0, 0.1) is 13.8 Å². The van der Waals surface area contributed by atoms with Gasteiger partial charge in [-0.15, -0.1) is 0 Å². The van der Waals surface area contributed by atoms with Gasteiger partial charge in [0.2, 0.25) is 0 Å². The Kier molecular flexibility index (Phi) is 5.60. The van der Waals surface area contributed by atoms with Gasteiger partial charge in [0.25, 0.3) is 0 Å². The molecule has 12 heteroatoms. The van der Waals surface area contributed by atoms with Crippen molar-refractivity contribution in [3.63, 3.8) is 0 Å². The average Bonchev–Trinajstić information content (AvgIpc) is 3.48. The molecule has 1 aliphatic heterocycles. The van der Waals surface area contributed by atoms with Crippen LogP contribution in [0.5, 0.6) is 5.75 Å². The fourth-order valence-electron chi connectivity index (χ4n) is 4.03. The molecule has 1 fully saturated rings. The van der Waals surface area contributed by atoms with E-state index in [0.717, 1.165) is 5.69 Å². The number of fused-ring (bicyclic) bond motifs is 1. The predicted molar refractivity (Wildman–Crippen MR) is 119 cm³/mol. The molecule has 0 unspecified atom stereocenters. The highest BCUT2D eigenvalue weighted by atomic mass is 19.3. The van der Waals surface area contributed by atoms with Gasteiger partial charge in [-0.05, 0) is 38.9 Å². The van der Waals surface area contributed by atoms with Crippen LogP contribution in [-0.4, -0.2) is 54.7 Å². The van der Waals surface area contributed by atoms with Crippen LogP contribution >= 0.6 is 0 Å². The van der Waals surface area contributed by atoms with Gasteiger partial charge >= 0.3 is 6.55 Å². The number of hydrogen-bond acceptors (Lipinski definition) is 7. The highest BCUT2D eigenvalue weighted by Crippen LogP contribution is 2.35. The number of anilines is 2. The van der Waals surface area contributed by atoms with E-state index in [9.17, 15) is 13.2 Å². The Hall–Kier alpha value is -3.67. The zero-order valence-corrected chi connectivity index (χ0v) is 18.6. The van der Waals surface area contributed by atoms with Crippen molar-refractivity contribution in [1.82, 2.24) is 34.7 Å². The largest absolute Gasteiger partial charge is 0.486 e. The third kappa shape index (κ3) is 4.40. The van der Waals surface area contributed by atoms with Crippen molar-refractivity contribution >= 4 is 17.2 Å². The fourth-order valence-corrected chi connectivity index (χ4v) is 4.03. The summed E-state index contributed by atoms with van der Waals surface area (Å²) >= 11 is 0. The predicted octanol–water partition coefficient (Wildman–Crippen LogP) is 3.82. The molecule has 2 N–H and O–H groups in total. The van der Waals surface area contributed by atoms with Gasteiger partial charge in [-0.25, -0.2) is 18.9 Å². The first kappa shape index (κ1) is 22.1. The fraction of sp³-hybridized carbons (Fsp3) is 0.364. The number of nitrogens with zero attached hydrogens (tertiary/aromatic N) is 6. The molecule has 4 aromatic heterocycles. The van der Waals surface area contributed by atoms with Gasteiger partial charge in [0, 0.05) is 36.1 Å². The van der Waals surface area contributed by atoms with E-state index in [4.69, 9.17) is 4.74 Å². The lowest BCUT2D eigenvalue weighted by Gasteiger charge is -2.19. The Balaban J connectivity index is 1.45. The molecule has 0 saturated carbocycles. The second kappa shape index (κ2) is 8.60. The molecular formula is C22H23F3N8O. The molecule has 0 bridgehead atoms. The molecule has 4 aromatic rings. The molecule has 9 nitrogen and oxygen atoms in total. The summed E-state index contributed by atoms with van der Waals surface area (Å²) in [5.74, 6) is 1.85. The average molecular weight is 472 g/mol. The number of rotatable bonds is 7. The van der Waals surface area contributed by atoms with Crippen LogP contribution in [0.1, 0.15) is 24.5 Å². The van der Waals surface area contributed by atoms with Crippen LogP contribution in [0.15, 0.2) is 36.7 Å². The lowest BCUT2D eigenvalue weighted by atomic mass is 10.1. The number of nitrogens with one attached hydrogen (secondary N) is 2. The van der Waals surface area contributed by atoms with Gasteiger partial charge in [-0.3, -0.25) is 0 Å². The summed E-state index contributed by atoms with van der Waals surface area (Å²) in [6.45, 7) is 1.24. The molecule has 1 atom stereocenters. The van der Waals surface area contributed by atoms with Crippen molar-refractivity contribution in [2.45, 2.75) is 32.5 Å². The minimum absolute atomic E-state index is 0.0739. The van der Waals surface area contributed by atoms with E-state index in [1.165, 1.54) is 6.20 Å². The number of hydrogen-bond donors (Lipinski definition) is 2. The van der Waals surface area contributed by atoms with E-state index in [1.807, 2.05) is 6.92 Å². The van der Waals surface area contributed by atoms with E-state index in [2.05, 4.69) is 30.8 Å². The third-order valence-corrected chi connectivity index (χ3v) is 5.58. The van der Waals surface area contributed by atoms with Crippen LogP contribution < -0.4 is 15.4 Å². The normalized spacial score (nSPS) is 18.2. The van der Waals surface area contributed by atoms with Crippen molar-refractivity contribution in [1.29, 1.82) is 0 Å². The highest BCUT2D eigenvalue weighted by Gasteiger charge is 2.35. The van der Waals surface area contributed by atoms with Crippen LogP contribution in [-0.2, 0) is 0 Å². The maximum atomic E-state index is 14.7. The Morgan fingerprint density at radius 1 is 1.21 bits per heavy atom. The number of ether oxygens (including phenoxy) is 1. The standard InChI is InChI=1S/C22H23F3N8O/c1-13-7-18(29-14(2)28-13)30-19-9-16-8-15(3-6-32(16)31-19)20-17(10-27-33(20)21(23)24)34-12-22(25)4-5-26-11-22/h3,6-10,21,26H,4-5,11-12H2,1-2H3,(H,28,29,30,31)/t22-/m0/s1. The summed E-state index contributed by atoms with van der Waals surface area (Å²) in [5.41, 5.74) is 0.440. The molecule has 5 rings (SSSR count). The van der Waals surface area contributed by atoms with Crippen molar-refractivity contribution in [3.8, 4) is 17.0 Å². The number of aryl methyl sites for hydroxylation is 2. The van der Waals surface area contributed by atoms with Gasteiger partial charge in [-0.1, -0.05) is 0 Å². The lowest BCUT2D eigenvalue weighted by molar-refractivity contribution is 0.0579. The zero-order valence-electron chi connectivity index (χ0n) is 18.6. The van der Waals surface area contributed by atoms with E-state index in [-0.39, 0.29) is 24.6 Å². The maximum absolute atomic E-state index is 14.7. The first-order chi connectivity index (χ1) is 16.3. The topological polar surface area (TPSA) is 94.2 Å². The molecule has 5 heterocycles. The van der Waals surface area contributed by atoms with Gasteiger partial charge in [0.1, 0.15) is 23.9 Å². The van der Waals surface area contributed by atoms with Gasteiger partial charge in [0.05, 0.1) is 11.7 Å². The molecule has 0 aliphatic carbocycles. The lowest BCUT2D eigenvalue weighted by Crippen LogP contribution is -2.33. The summed E-state index contributed by atoms with van der Waals surface area (Å²) in [6, 6.07) is 6.89. The number of pyridine rings is 1. The van der Waals surface area contributed by atoms with Crippen LogP contribution in [0.2, 0.25) is 0 Å². The molecular weight excluding hydrogens is 449 g/mol. The molecule has 178 valence electrons. The minimum Gasteiger partial charge on any atom is -0.486 e. The Morgan fingerprint density at radius 3 is 2.79 bits per heavy atom. The molecule has 1 saturated heterocycles. The summed E-state index contributed by atoms with van der Waals surface area (Å²) in [5, 5.41) is 14.3. The SMILES string of the molecule is Cc1cc(Nc2cc3cc(-c4c(OC[C@]5(F)CCNC5)cnn4C(F)F)ccn3n2)nc(C)n1. The second-order valence-electron chi connectivity index (χ2n) is 8.33. The zero-order chi connectivity index (χ0) is 23.9. The van der Waals surface area contributed by atoms with E-state index >= 15 is 0 Å². The molecule has 0 aromatic carbocycles. The second-order valence-corrected chi connectivity index (χ2v) is 8.33. The molecule has 0 amide bonds. The van der Waals surface area contributed by atoms with E-state index in [1.54, 1.807) is 41.9 Å². The smallest absolute Gasteiger partial charge is 0.333 e.